The van der Waals surface area contributed by atoms with Gasteiger partial charge in [0.05, 0.1) is 0 Å². The van der Waals surface area contributed by atoms with Gasteiger partial charge in [-0.05, 0) is 6.07 Å². The van der Waals surface area contributed by atoms with Crippen LogP contribution in [0.25, 0.3) is 0 Å². The molecule has 1 saturated heterocycles. The number of hydrogen-bond acceptors (Lipinski definition) is 5. The first-order valence-corrected chi connectivity index (χ1v) is 5.34. The van der Waals surface area contributed by atoms with Gasteiger partial charge in [-0.1, -0.05) is 0 Å². The van der Waals surface area contributed by atoms with Crippen molar-refractivity contribution in [2.45, 2.75) is 0 Å². The molecule has 2 rings (SSSR count). The van der Waals surface area contributed by atoms with Crippen molar-refractivity contribution in [3.05, 3.63) is 18.5 Å². The summed E-state index contributed by atoms with van der Waals surface area (Å²) in [6.45, 7) is 5.81. The van der Waals surface area contributed by atoms with Crippen LogP contribution in [0.3, 0.4) is 0 Å². The largest absolute Gasteiger partial charge is 0.338 e. The number of nitrogens with zero attached hydrogens (tertiary/aromatic N) is 4. The van der Waals surface area contributed by atoms with Crippen molar-refractivity contribution in [1.29, 1.82) is 0 Å². The van der Waals surface area contributed by atoms with Crippen molar-refractivity contribution >= 4 is 43.2 Å². The van der Waals surface area contributed by atoms with E-state index in [0.29, 0.717) is 0 Å². The van der Waals surface area contributed by atoms with Crippen LogP contribution in [0.1, 0.15) is 0 Å². The van der Waals surface area contributed by atoms with Crippen molar-refractivity contribution in [2.75, 3.05) is 44.2 Å². The summed E-state index contributed by atoms with van der Waals surface area (Å²) in [6.07, 6.45) is 3.57. The Labute approximate surface area is 126 Å². The molecule has 2 N–H and O–H groups in total. The summed E-state index contributed by atoms with van der Waals surface area (Å²) in [6, 6.07) is 1.84. The molecular weight excluding hydrogens is 297 g/mol. The molecule has 0 aromatic carbocycles. The van der Waals surface area contributed by atoms with Crippen LogP contribution in [-0.4, -0.2) is 54.1 Å². The van der Waals surface area contributed by atoms with Crippen LogP contribution in [0, 0.1) is 0 Å². The quantitative estimate of drug-likeness (QED) is 0.895. The van der Waals surface area contributed by atoms with Gasteiger partial charge < -0.3 is 10.6 Å². The summed E-state index contributed by atoms with van der Waals surface area (Å²) in [5, 5.41) is 0. The topological polar surface area (TPSA) is 58.3 Å². The number of rotatable bonds is 3. The molecule has 0 unspecified atom stereocenters. The van der Waals surface area contributed by atoms with Gasteiger partial charge in [0.15, 0.2) is 0 Å². The van der Waals surface area contributed by atoms with Gasteiger partial charge in [-0.25, -0.2) is 9.97 Å². The predicted octanol–water partition coefficient (Wildman–Crippen LogP) is 0.823. The number of nitrogens with two attached hydrogens (primary N) is 1. The Morgan fingerprint density at radius 1 is 1.00 bits per heavy atom. The minimum atomic E-state index is 0. The van der Waals surface area contributed by atoms with Gasteiger partial charge in [0, 0.05) is 51.7 Å². The predicted molar refractivity (Wildman–Crippen MR) is 81.5 cm³/mol. The molecule has 1 aliphatic rings. The molecule has 5 nitrogen and oxygen atoms in total. The summed E-state index contributed by atoms with van der Waals surface area (Å²) in [4.78, 5) is 13.1. The average molecular weight is 317 g/mol. The first-order chi connectivity index (χ1) is 7.40. The van der Waals surface area contributed by atoms with E-state index in [-0.39, 0.29) is 37.2 Å². The number of anilines is 1. The zero-order chi connectivity index (χ0) is 10.5. The SMILES string of the molecule is Cl.Cl.Cl.NCCN1CCN(c2ncccn2)CC1. The normalized spacial score (nSPS) is 15.1. The molecule has 0 amide bonds. The van der Waals surface area contributed by atoms with Crippen molar-refractivity contribution in [3.63, 3.8) is 0 Å². The highest BCUT2D eigenvalue weighted by Crippen LogP contribution is 2.08. The van der Waals surface area contributed by atoms with E-state index in [1.165, 1.54) is 0 Å². The molecule has 0 radical (unpaired) electrons. The molecule has 2 heterocycles. The van der Waals surface area contributed by atoms with Crippen LogP contribution in [-0.2, 0) is 0 Å². The zero-order valence-corrected chi connectivity index (χ0v) is 12.5. The summed E-state index contributed by atoms with van der Waals surface area (Å²) < 4.78 is 0. The highest BCUT2D eigenvalue weighted by Gasteiger charge is 2.17. The van der Waals surface area contributed by atoms with Gasteiger partial charge in [0.1, 0.15) is 0 Å². The van der Waals surface area contributed by atoms with E-state index in [1.54, 1.807) is 12.4 Å². The maximum absolute atomic E-state index is 5.53. The van der Waals surface area contributed by atoms with E-state index in [4.69, 9.17) is 5.73 Å². The molecule has 0 aliphatic carbocycles. The highest BCUT2D eigenvalue weighted by molar-refractivity contribution is 5.86. The van der Waals surface area contributed by atoms with E-state index in [9.17, 15) is 0 Å². The number of aromatic nitrogens is 2. The van der Waals surface area contributed by atoms with E-state index in [2.05, 4.69) is 19.8 Å². The van der Waals surface area contributed by atoms with Crippen molar-refractivity contribution < 1.29 is 0 Å². The third kappa shape index (κ3) is 5.54. The lowest BCUT2D eigenvalue weighted by Crippen LogP contribution is -2.48. The fraction of sp³-hybridized carbons (Fsp3) is 0.600. The molecule has 106 valence electrons. The number of hydrogen-bond donors (Lipinski definition) is 1. The Morgan fingerprint density at radius 3 is 2.06 bits per heavy atom. The van der Waals surface area contributed by atoms with Crippen LogP contribution in [0.2, 0.25) is 0 Å². The Bertz CT molecular complexity index is 293. The summed E-state index contributed by atoms with van der Waals surface area (Å²) in [5.74, 6) is 0.838. The van der Waals surface area contributed by atoms with E-state index < -0.39 is 0 Å². The fourth-order valence-corrected chi connectivity index (χ4v) is 1.81. The monoisotopic (exact) mass is 315 g/mol. The maximum atomic E-state index is 5.53. The van der Waals surface area contributed by atoms with E-state index in [0.717, 1.165) is 45.2 Å². The zero-order valence-electron chi connectivity index (χ0n) is 10.1. The minimum Gasteiger partial charge on any atom is -0.338 e. The Morgan fingerprint density at radius 2 is 1.56 bits per heavy atom. The van der Waals surface area contributed by atoms with Gasteiger partial charge in [-0.2, -0.15) is 0 Å². The van der Waals surface area contributed by atoms with Crippen LogP contribution in [0.15, 0.2) is 18.5 Å². The van der Waals surface area contributed by atoms with Gasteiger partial charge in [-0.3, -0.25) is 4.90 Å². The summed E-state index contributed by atoms with van der Waals surface area (Å²) >= 11 is 0. The standard InChI is InChI=1S/C10H17N5.3ClH/c11-2-5-14-6-8-15(9-7-14)10-12-3-1-4-13-10;;;/h1,3-4H,2,5-9,11H2;3*1H. The molecule has 1 aromatic heterocycles. The van der Waals surface area contributed by atoms with Crippen molar-refractivity contribution in [1.82, 2.24) is 14.9 Å². The Kier molecular flexibility index (Phi) is 11.8. The highest BCUT2D eigenvalue weighted by atomic mass is 35.5. The second kappa shape index (κ2) is 10.6. The van der Waals surface area contributed by atoms with Crippen LogP contribution in [0.5, 0.6) is 0 Å². The summed E-state index contributed by atoms with van der Waals surface area (Å²) in [7, 11) is 0. The van der Waals surface area contributed by atoms with E-state index >= 15 is 0 Å². The number of piperazine rings is 1. The van der Waals surface area contributed by atoms with Crippen LogP contribution >= 0.6 is 37.2 Å². The molecule has 0 saturated carbocycles. The van der Waals surface area contributed by atoms with Gasteiger partial charge in [-0.15, -0.1) is 37.2 Å². The fourth-order valence-electron chi connectivity index (χ4n) is 1.81. The molecule has 0 atom stereocenters. The van der Waals surface area contributed by atoms with Crippen LogP contribution in [0.4, 0.5) is 5.95 Å². The summed E-state index contributed by atoms with van der Waals surface area (Å²) in [5.41, 5.74) is 5.53. The third-order valence-corrected chi connectivity index (χ3v) is 2.65. The minimum absolute atomic E-state index is 0. The lowest BCUT2D eigenvalue weighted by Gasteiger charge is -2.34. The second-order valence-electron chi connectivity index (χ2n) is 3.67. The molecular formula is C10H20Cl3N5. The average Bonchev–Trinajstić information content (AvgIpc) is 2.32. The van der Waals surface area contributed by atoms with E-state index in [1.807, 2.05) is 6.07 Å². The molecule has 0 spiro atoms. The Balaban J connectivity index is 0. The number of halogens is 3. The molecule has 1 aromatic rings. The molecule has 1 fully saturated rings. The van der Waals surface area contributed by atoms with Gasteiger partial charge in [0.2, 0.25) is 5.95 Å². The first kappa shape index (κ1) is 20.0. The van der Waals surface area contributed by atoms with Crippen molar-refractivity contribution in [2.24, 2.45) is 5.73 Å². The first-order valence-electron chi connectivity index (χ1n) is 5.34. The molecule has 1 aliphatic heterocycles. The van der Waals surface area contributed by atoms with Crippen LogP contribution < -0.4 is 10.6 Å². The Hall–Kier alpha value is -0.330. The second-order valence-corrected chi connectivity index (χ2v) is 3.67. The lowest BCUT2D eigenvalue weighted by molar-refractivity contribution is 0.263. The lowest BCUT2D eigenvalue weighted by atomic mass is 10.3. The molecule has 18 heavy (non-hydrogen) atoms. The maximum Gasteiger partial charge on any atom is 0.225 e. The van der Waals surface area contributed by atoms with Gasteiger partial charge in [0.25, 0.3) is 0 Å². The third-order valence-electron chi connectivity index (χ3n) is 2.65. The molecule has 0 bridgehead atoms. The van der Waals surface area contributed by atoms with Crippen molar-refractivity contribution in [3.8, 4) is 0 Å². The van der Waals surface area contributed by atoms with Gasteiger partial charge >= 0.3 is 0 Å². The molecule has 8 heteroatoms. The smallest absolute Gasteiger partial charge is 0.225 e.